The minimum Gasteiger partial charge on any atom is -0.493 e. The van der Waals surface area contributed by atoms with Crippen LogP contribution in [0.2, 0.25) is 0 Å². The number of carbonyl (C=O) groups excluding carboxylic acids is 1. The molecule has 3 aliphatic carbocycles. The highest BCUT2D eigenvalue weighted by molar-refractivity contribution is 5.95. The van der Waals surface area contributed by atoms with Crippen molar-refractivity contribution in [3.8, 4) is 11.5 Å². The molecule has 2 bridgehead atoms. The predicted octanol–water partition coefficient (Wildman–Crippen LogP) is 7.42. The van der Waals surface area contributed by atoms with Gasteiger partial charge >= 0.3 is 12.4 Å². The number of nitrogens with zero attached hydrogens (tertiary/aromatic N) is 1. The molecular formula is C29H31F6NO3. The van der Waals surface area contributed by atoms with Crippen LogP contribution in [0.1, 0.15) is 53.7 Å². The maximum Gasteiger partial charge on any atom is 0.416 e. The van der Waals surface area contributed by atoms with E-state index >= 15 is 0 Å². The number of alkyl halides is 6. The number of amides is 1. The van der Waals surface area contributed by atoms with Crippen molar-refractivity contribution >= 4 is 5.91 Å². The standard InChI is InChI=1S/C29H31F6NO3/c1-27(2)20-7-6-18(23(27)15-20)16-36(10-9-17-5-8-24(38-3)25(11-17)39-4)26(37)19-12-21(28(30,31)32)14-22(13-19)29(33,34)35/h5-6,8,11-14,20,23H,7,9-10,15-16H2,1-4H3. The minimum atomic E-state index is -5.04. The zero-order valence-electron chi connectivity index (χ0n) is 22.2. The van der Waals surface area contributed by atoms with Crippen molar-refractivity contribution < 1.29 is 40.6 Å². The highest BCUT2D eigenvalue weighted by atomic mass is 19.4. The quantitative estimate of drug-likeness (QED) is 0.251. The third-order valence-electron chi connectivity index (χ3n) is 8.20. The zero-order valence-corrected chi connectivity index (χ0v) is 22.2. The van der Waals surface area contributed by atoms with Gasteiger partial charge in [-0.2, -0.15) is 26.3 Å². The van der Waals surface area contributed by atoms with Gasteiger partial charge in [0.2, 0.25) is 0 Å². The van der Waals surface area contributed by atoms with Crippen molar-refractivity contribution in [3.05, 3.63) is 70.3 Å². The number of benzene rings is 2. The number of allylic oxidation sites excluding steroid dienone is 1. The van der Waals surface area contributed by atoms with E-state index in [1.807, 2.05) is 0 Å². The molecule has 2 aromatic carbocycles. The van der Waals surface area contributed by atoms with Gasteiger partial charge < -0.3 is 14.4 Å². The number of hydrogen-bond acceptors (Lipinski definition) is 3. The van der Waals surface area contributed by atoms with Gasteiger partial charge in [0.15, 0.2) is 11.5 Å². The normalized spacial score (nSPS) is 20.1. The summed E-state index contributed by atoms with van der Waals surface area (Å²) in [6.45, 7) is 4.51. The summed E-state index contributed by atoms with van der Waals surface area (Å²) in [5, 5.41) is 0. The Morgan fingerprint density at radius 3 is 2.08 bits per heavy atom. The molecule has 212 valence electrons. The lowest BCUT2D eigenvalue weighted by atomic mass is 9.49. The Morgan fingerprint density at radius 1 is 0.949 bits per heavy atom. The highest BCUT2D eigenvalue weighted by Gasteiger charge is 2.51. The highest BCUT2D eigenvalue weighted by Crippen LogP contribution is 2.59. The van der Waals surface area contributed by atoms with Gasteiger partial charge in [-0.1, -0.05) is 31.6 Å². The summed E-state index contributed by atoms with van der Waals surface area (Å²) in [5.74, 6) is 0.830. The second-order valence-electron chi connectivity index (χ2n) is 10.8. The summed E-state index contributed by atoms with van der Waals surface area (Å²) >= 11 is 0. The SMILES string of the molecule is COc1ccc(CCN(CC2=CCC3CC2C3(C)C)C(=O)c2cc(C(F)(F)F)cc(C(F)(F)F)c2)cc1OC. The second-order valence-corrected chi connectivity index (χ2v) is 10.8. The third-order valence-corrected chi connectivity index (χ3v) is 8.20. The lowest BCUT2D eigenvalue weighted by Crippen LogP contribution is -2.50. The molecule has 2 atom stereocenters. The van der Waals surface area contributed by atoms with Crippen molar-refractivity contribution in [1.29, 1.82) is 0 Å². The van der Waals surface area contributed by atoms with E-state index in [1.165, 1.54) is 19.1 Å². The fourth-order valence-corrected chi connectivity index (χ4v) is 5.69. The molecule has 1 saturated carbocycles. The first-order chi connectivity index (χ1) is 18.1. The summed E-state index contributed by atoms with van der Waals surface area (Å²) < 4.78 is 91.5. The first-order valence-corrected chi connectivity index (χ1v) is 12.6. The van der Waals surface area contributed by atoms with Gasteiger partial charge in [0.1, 0.15) is 0 Å². The minimum absolute atomic E-state index is 0.0296. The van der Waals surface area contributed by atoms with E-state index in [0.29, 0.717) is 36.0 Å². The van der Waals surface area contributed by atoms with E-state index in [1.54, 1.807) is 18.2 Å². The summed E-state index contributed by atoms with van der Waals surface area (Å²) in [6, 6.07) is 6.23. The molecular weight excluding hydrogens is 524 g/mol. The Morgan fingerprint density at radius 2 is 1.56 bits per heavy atom. The van der Waals surface area contributed by atoms with Gasteiger partial charge in [-0.3, -0.25) is 4.79 Å². The number of rotatable bonds is 8. The molecule has 10 heteroatoms. The van der Waals surface area contributed by atoms with Crippen LogP contribution in [-0.4, -0.2) is 38.1 Å². The van der Waals surface area contributed by atoms with Crippen molar-refractivity contribution in [1.82, 2.24) is 4.90 Å². The summed E-state index contributed by atoms with van der Waals surface area (Å²) in [4.78, 5) is 15.0. The van der Waals surface area contributed by atoms with E-state index in [2.05, 4.69) is 19.9 Å². The molecule has 0 aromatic heterocycles. The maximum atomic E-state index is 13.6. The lowest BCUT2D eigenvalue weighted by Gasteiger charge is -2.57. The molecule has 3 aliphatic rings. The van der Waals surface area contributed by atoms with Crippen molar-refractivity contribution in [2.75, 3.05) is 27.3 Å². The van der Waals surface area contributed by atoms with E-state index < -0.39 is 35.0 Å². The number of hydrogen-bond donors (Lipinski definition) is 0. The van der Waals surface area contributed by atoms with Gasteiger partial charge in [0.25, 0.3) is 5.91 Å². The molecule has 2 unspecified atom stereocenters. The zero-order chi connectivity index (χ0) is 28.8. The molecule has 4 nitrogen and oxygen atoms in total. The molecule has 0 heterocycles. The Kier molecular flexibility index (Phi) is 7.71. The summed E-state index contributed by atoms with van der Waals surface area (Å²) in [7, 11) is 2.97. The molecule has 5 rings (SSSR count). The van der Waals surface area contributed by atoms with Crippen LogP contribution in [0.3, 0.4) is 0 Å². The van der Waals surface area contributed by atoms with Crippen LogP contribution in [-0.2, 0) is 18.8 Å². The van der Waals surface area contributed by atoms with Crippen LogP contribution in [0, 0.1) is 17.3 Å². The molecule has 39 heavy (non-hydrogen) atoms. The summed E-state index contributed by atoms with van der Waals surface area (Å²) in [5.41, 5.74) is -1.88. The molecule has 0 saturated heterocycles. The maximum absolute atomic E-state index is 13.6. The fourth-order valence-electron chi connectivity index (χ4n) is 5.69. The molecule has 0 radical (unpaired) electrons. The first kappa shape index (κ1) is 28.8. The van der Waals surface area contributed by atoms with Crippen LogP contribution >= 0.6 is 0 Å². The van der Waals surface area contributed by atoms with Crippen LogP contribution in [0.25, 0.3) is 0 Å². The fraction of sp³-hybridized carbons (Fsp3) is 0.483. The average Bonchev–Trinajstić information content (AvgIpc) is 2.89. The molecule has 2 aromatic rings. The Hall–Kier alpha value is -3.17. The van der Waals surface area contributed by atoms with Gasteiger partial charge in [0, 0.05) is 18.7 Å². The molecule has 1 fully saturated rings. The Balaban J connectivity index is 1.68. The van der Waals surface area contributed by atoms with Crippen LogP contribution in [0.4, 0.5) is 26.3 Å². The van der Waals surface area contributed by atoms with Crippen molar-refractivity contribution in [2.45, 2.75) is 45.5 Å². The van der Waals surface area contributed by atoms with Crippen LogP contribution in [0.15, 0.2) is 48.0 Å². The number of carbonyl (C=O) groups is 1. The van der Waals surface area contributed by atoms with Crippen LogP contribution in [0.5, 0.6) is 11.5 Å². The lowest BCUT2D eigenvalue weighted by molar-refractivity contribution is -0.143. The number of halogens is 6. The number of methoxy groups -OCH3 is 2. The average molecular weight is 556 g/mol. The number of ether oxygens (including phenoxy) is 2. The topological polar surface area (TPSA) is 38.8 Å². The first-order valence-electron chi connectivity index (χ1n) is 12.6. The van der Waals surface area contributed by atoms with E-state index in [-0.39, 0.29) is 30.5 Å². The molecule has 0 spiro atoms. The molecule has 0 aliphatic heterocycles. The largest absolute Gasteiger partial charge is 0.493 e. The van der Waals surface area contributed by atoms with Crippen molar-refractivity contribution in [2.24, 2.45) is 17.3 Å². The van der Waals surface area contributed by atoms with E-state index in [9.17, 15) is 31.1 Å². The van der Waals surface area contributed by atoms with Gasteiger partial charge in [-0.15, -0.1) is 0 Å². The Labute approximate surface area is 223 Å². The Bertz CT molecular complexity index is 1230. The molecule has 0 N–H and O–H groups in total. The smallest absolute Gasteiger partial charge is 0.416 e. The van der Waals surface area contributed by atoms with Gasteiger partial charge in [0.05, 0.1) is 25.3 Å². The van der Waals surface area contributed by atoms with Gasteiger partial charge in [-0.05, 0) is 72.4 Å². The predicted molar refractivity (Wildman–Crippen MR) is 134 cm³/mol. The monoisotopic (exact) mass is 555 g/mol. The number of fused-ring (bicyclic) bond motifs is 1. The van der Waals surface area contributed by atoms with E-state index in [0.717, 1.165) is 24.0 Å². The second kappa shape index (κ2) is 10.4. The molecule has 1 amide bonds. The summed E-state index contributed by atoms with van der Waals surface area (Å²) in [6.07, 6.45) is -5.93. The van der Waals surface area contributed by atoms with Crippen molar-refractivity contribution in [3.63, 3.8) is 0 Å². The van der Waals surface area contributed by atoms with E-state index in [4.69, 9.17) is 9.47 Å². The van der Waals surface area contributed by atoms with Crippen LogP contribution < -0.4 is 9.47 Å². The van der Waals surface area contributed by atoms with Gasteiger partial charge in [-0.25, -0.2) is 0 Å². The third kappa shape index (κ3) is 5.89.